The molecule has 0 saturated carbocycles. The number of hydrazine groups is 1. The van der Waals surface area contributed by atoms with Crippen molar-refractivity contribution in [2.24, 2.45) is 0 Å². The Morgan fingerprint density at radius 2 is 2.31 bits per heavy atom. The first-order valence-electron chi connectivity index (χ1n) is 4.92. The first kappa shape index (κ1) is 8.57. The summed E-state index contributed by atoms with van der Waals surface area (Å²) >= 11 is 0. The van der Waals surface area contributed by atoms with Gasteiger partial charge in [-0.15, -0.1) is 0 Å². The number of nitrogens with zero attached hydrogens (tertiary/aromatic N) is 1. The first-order chi connectivity index (χ1) is 6.36. The number of anilines is 1. The molecule has 70 valence electrons. The second-order valence-corrected chi connectivity index (χ2v) is 3.39. The molecule has 2 rings (SSSR count). The lowest BCUT2D eigenvalue weighted by Gasteiger charge is -2.17. The van der Waals surface area contributed by atoms with Gasteiger partial charge in [0, 0.05) is 13.6 Å². The molecule has 0 unspecified atom stereocenters. The van der Waals surface area contributed by atoms with E-state index in [-0.39, 0.29) is 0 Å². The topological polar surface area (TPSA) is 15.3 Å². The van der Waals surface area contributed by atoms with Crippen molar-refractivity contribution >= 4 is 5.69 Å². The standard InChI is InChI=1S/C11H16N2/c1-3-9-5-4-6-11-10(9)7-8-13(11)12-2/h4-6,12H,3,7-8H2,1-2H3. The molecule has 1 aliphatic rings. The molecule has 13 heavy (non-hydrogen) atoms. The van der Waals surface area contributed by atoms with Crippen LogP contribution in [0.2, 0.25) is 0 Å². The fourth-order valence-electron chi connectivity index (χ4n) is 2.07. The summed E-state index contributed by atoms with van der Waals surface area (Å²) in [5, 5.41) is 2.22. The van der Waals surface area contributed by atoms with Gasteiger partial charge in [0.1, 0.15) is 0 Å². The Balaban J connectivity index is 2.43. The zero-order chi connectivity index (χ0) is 9.26. The van der Waals surface area contributed by atoms with Crippen LogP contribution in [0.3, 0.4) is 0 Å². The maximum atomic E-state index is 3.20. The minimum Gasteiger partial charge on any atom is -0.308 e. The minimum absolute atomic E-state index is 1.10. The Morgan fingerprint density at radius 3 is 3.00 bits per heavy atom. The van der Waals surface area contributed by atoms with Crippen LogP contribution in [0.4, 0.5) is 5.69 Å². The smallest absolute Gasteiger partial charge is 0.0555 e. The zero-order valence-electron chi connectivity index (χ0n) is 8.30. The first-order valence-corrected chi connectivity index (χ1v) is 4.92. The summed E-state index contributed by atoms with van der Waals surface area (Å²) in [7, 11) is 1.98. The highest BCUT2D eigenvalue weighted by Crippen LogP contribution is 2.29. The van der Waals surface area contributed by atoms with E-state index in [1.54, 1.807) is 0 Å². The van der Waals surface area contributed by atoms with Gasteiger partial charge in [-0.1, -0.05) is 19.1 Å². The summed E-state index contributed by atoms with van der Waals surface area (Å²) in [6.07, 6.45) is 2.32. The largest absolute Gasteiger partial charge is 0.308 e. The van der Waals surface area contributed by atoms with Crippen molar-refractivity contribution in [3.8, 4) is 0 Å². The van der Waals surface area contributed by atoms with Crippen LogP contribution >= 0.6 is 0 Å². The quantitative estimate of drug-likeness (QED) is 0.738. The molecule has 0 aliphatic carbocycles. The number of benzene rings is 1. The number of hydrogen-bond donors (Lipinski definition) is 1. The zero-order valence-corrected chi connectivity index (χ0v) is 8.30. The molecular formula is C11H16N2. The lowest BCUT2D eigenvalue weighted by atomic mass is 10.0. The lowest BCUT2D eigenvalue weighted by Crippen LogP contribution is -2.32. The normalized spacial score (nSPS) is 14.8. The molecule has 0 amide bonds. The van der Waals surface area contributed by atoms with E-state index in [1.807, 2.05) is 7.05 Å². The van der Waals surface area contributed by atoms with Gasteiger partial charge in [-0.3, -0.25) is 0 Å². The van der Waals surface area contributed by atoms with Crippen molar-refractivity contribution < 1.29 is 0 Å². The van der Waals surface area contributed by atoms with Gasteiger partial charge in [0.05, 0.1) is 5.69 Å². The average Bonchev–Trinajstić information content (AvgIpc) is 2.60. The van der Waals surface area contributed by atoms with Crippen molar-refractivity contribution in [3.63, 3.8) is 0 Å². The minimum atomic E-state index is 1.10. The Bertz CT molecular complexity index is 307. The molecule has 0 bridgehead atoms. The molecule has 0 aromatic heterocycles. The molecule has 1 heterocycles. The Morgan fingerprint density at radius 1 is 1.46 bits per heavy atom. The van der Waals surface area contributed by atoms with Crippen LogP contribution in [0.15, 0.2) is 18.2 Å². The molecule has 0 spiro atoms. The summed E-state index contributed by atoms with van der Waals surface area (Å²) in [6, 6.07) is 6.57. The van der Waals surface area contributed by atoms with E-state index < -0.39 is 0 Å². The fraction of sp³-hybridized carbons (Fsp3) is 0.455. The van der Waals surface area contributed by atoms with Gasteiger partial charge in [-0.2, -0.15) is 0 Å². The predicted molar refractivity (Wildman–Crippen MR) is 55.9 cm³/mol. The molecule has 0 radical (unpaired) electrons. The Hall–Kier alpha value is -1.02. The predicted octanol–water partition coefficient (Wildman–Crippen LogP) is 1.75. The molecule has 1 aromatic rings. The van der Waals surface area contributed by atoms with E-state index in [2.05, 4.69) is 35.6 Å². The number of hydrogen-bond acceptors (Lipinski definition) is 2. The van der Waals surface area contributed by atoms with Gasteiger partial charge in [-0.25, -0.2) is 5.43 Å². The van der Waals surface area contributed by atoms with Gasteiger partial charge in [-0.05, 0) is 30.0 Å². The maximum absolute atomic E-state index is 3.20. The summed E-state index contributed by atoms with van der Waals surface area (Å²) in [6.45, 7) is 3.32. The van der Waals surface area contributed by atoms with E-state index in [9.17, 15) is 0 Å². The van der Waals surface area contributed by atoms with Gasteiger partial charge >= 0.3 is 0 Å². The molecule has 0 saturated heterocycles. The highest BCUT2D eigenvalue weighted by molar-refractivity contribution is 5.59. The Kier molecular flexibility index (Phi) is 2.23. The highest BCUT2D eigenvalue weighted by Gasteiger charge is 2.19. The van der Waals surface area contributed by atoms with Crippen LogP contribution < -0.4 is 10.4 Å². The SMILES string of the molecule is CCc1cccc2c1CCN2NC. The second-order valence-electron chi connectivity index (χ2n) is 3.39. The number of rotatable bonds is 2. The monoisotopic (exact) mass is 176 g/mol. The third kappa shape index (κ3) is 1.31. The van der Waals surface area contributed by atoms with Crippen molar-refractivity contribution in [2.75, 3.05) is 18.6 Å². The molecule has 1 aliphatic heterocycles. The molecular weight excluding hydrogens is 160 g/mol. The van der Waals surface area contributed by atoms with E-state index in [1.165, 1.54) is 23.2 Å². The summed E-state index contributed by atoms with van der Waals surface area (Å²) < 4.78 is 0. The van der Waals surface area contributed by atoms with E-state index in [0.29, 0.717) is 0 Å². The van der Waals surface area contributed by atoms with Crippen molar-refractivity contribution in [1.82, 2.24) is 5.43 Å². The van der Waals surface area contributed by atoms with E-state index >= 15 is 0 Å². The van der Waals surface area contributed by atoms with Crippen LogP contribution in [0.25, 0.3) is 0 Å². The molecule has 0 atom stereocenters. The van der Waals surface area contributed by atoms with Crippen LogP contribution in [0, 0.1) is 0 Å². The van der Waals surface area contributed by atoms with Crippen LogP contribution in [0.5, 0.6) is 0 Å². The number of nitrogens with one attached hydrogen (secondary N) is 1. The molecule has 2 heteroatoms. The van der Waals surface area contributed by atoms with Crippen molar-refractivity contribution in [3.05, 3.63) is 29.3 Å². The van der Waals surface area contributed by atoms with Crippen molar-refractivity contribution in [1.29, 1.82) is 0 Å². The molecule has 1 N–H and O–H groups in total. The third-order valence-corrected chi connectivity index (χ3v) is 2.78. The van der Waals surface area contributed by atoms with Crippen molar-refractivity contribution in [2.45, 2.75) is 19.8 Å². The van der Waals surface area contributed by atoms with Crippen LogP contribution in [-0.4, -0.2) is 13.6 Å². The molecule has 0 fully saturated rings. The van der Waals surface area contributed by atoms with E-state index in [0.717, 1.165) is 13.0 Å². The second kappa shape index (κ2) is 3.38. The van der Waals surface area contributed by atoms with Gasteiger partial charge < -0.3 is 5.01 Å². The van der Waals surface area contributed by atoms with Gasteiger partial charge in [0.2, 0.25) is 0 Å². The summed E-state index contributed by atoms with van der Waals surface area (Å²) in [5.41, 5.74) is 7.59. The lowest BCUT2D eigenvalue weighted by molar-refractivity contribution is 0.734. The fourth-order valence-corrected chi connectivity index (χ4v) is 2.07. The highest BCUT2D eigenvalue weighted by atomic mass is 15.5. The number of aryl methyl sites for hydroxylation is 1. The summed E-state index contributed by atoms with van der Waals surface area (Å²) in [4.78, 5) is 0. The summed E-state index contributed by atoms with van der Waals surface area (Å²) in [5.74, 6) is 0. The van der Waals surface area contributed by atoms with Crippen LogP contribution in [-0.2, 0) is 12.8 Å². The molecule has 2 nitrogen and oxygen atoms in total. The van der Waals surface area contributed by atoms with Gasteiger partial charge in [0.25, 0.3) is 0 Å². The number of fused-ring (bicyclic) bond motifs is 1. The maximum Gasteiger partial charge on any atom is 0.0555 e. The Labute approximate surface area is 79.5 Å². The third-order valence-electron chi connectivity index (χ3n) is 2.78. The average molecular weight is 176 g/mol. The van der Waals surface area contributed by atoms with E-state index in [4.69, 9.17) is 0 Å². The van der Waals surface area contributed by atoms with Crippen LogP contribution in [0.1, 0.15) is 18.1 Å². The van der Waals surface area contributed by atoms with Gasteiger partial charge in [0.15, 0.2) is 0 Å². The molecule has 1 aromatic carbocycles.